The largest absolute Gasteiger partial charge is 0.324 e. The van der Waals surface area contributed by atoms with Crippen LogP contribution in [-0.4, -0.2) is 59.9 Å². The highest BCUT2D eigenvalue weighted by Gasteiger charge is 2.26. The number of anilines is 1. The van der Waals surface area contributed by atoms with Gasteiger partial charge in [0.25, 0.3) is 5.91 Å². The van der Waals surface area contributed by atoms with Gasteiger partial charge in [0.1, 0.15) is 5.82 Å². The number of nitrogens with zero attached hydrogens (tertiary/aromatic N) is 4. The van der Waals surface area contributed by atoms with Crippen LogP contribution >= 0.6 is 0 Å². The Balaban J connectivity index is 1.68. The summed E-state index contributed by atoms with van der Waals surface area (Å²) in [6, 6.07) is 15.3. The zero-order valence-electron chi connectivity index (χ0n) is 18.9. The molecule has 0 bridgehead atoms. The van der Waals surface area contributed by atoms with Gasteiger partial charge >= 0.3 is 6.03 Å². The van der Waals surface area contributed by atoms with Crippen LogP contribution in [0.3, 0.4) is 0 Å². The molecule has 0 atom stereocenters. The Morgan fingerprint density at radius 2 is 1.76 bits per heavy atom. The second kappa shape index (κ2) is 10.4. The molecule has 34 heavy (non-hydrogen) atoms. The number of nitrogens with two attached hydrogens (primary N) is 1. The molecule has 3 aromatic rings. The van der Waals surface area contributed by atoms with Crippen molar-refractivity contribution in [3.63, 3.8) is 0 Å². The number of carbonyl (C=O) groups is 2. The van der Waals surface area contributed by atoms with Crippen LogP contribution in [0.15, 0.2) is 67.0 Å². The van der Waals surface area contributed by atoms with E-state index in [0.717, 1.165) is 30.3 Å². The number of benzene rings is 2. The van der Waals surface area contributed by atoms with Crippen molar-refractivity contribution >= 4 is 17.6 Å². The number of hydrogen-bond donors (Lipinski definition) is 2. The summed E-state index contributed by atoms with van der Waals surface area (Å²) in [5.74, 6) is 3.99. The Morgan fingerprint density at radius 1 is 1.03 bits per heavy atom. The molecular formula is C25H27FN6O2. The molecule has 1 fully saturated rings. The number of likely N-dealkylation sites (N-methyl/N-ethyl adjacent to an activating group) is 1. The maximum absolute atomic E-state index is 14.9. The Kier molecular flexibility index (Phi) is 7.15. The molecule has 176 valence electrons. The second-order valence-electron chi connectivity index (χ2n) is 8.22. The molecule has 8 nitrogen and oxygen atoms in total. The highest BCUT2D eigenvalue weighted by atomic mass is 19.1. The van der Waals surface area contributed by atoms with E-state index in [0.29, 0.717) is 24.3 Å². The lowest BCUT2D eigenvalue weighted by Crippen LogP contribution is -2.52. The van der Waals surface area contributed by atoms with E-state index in [2.05, 4.69) is 9.88 Å². The summed E-state index contributed by atoms with van der Waals surface area (Å²) in [6.45, 7) is 2.74. The van der Waals surface area contributed by atoms with E-state index >= 15 is 0 Å². The van der Waals surface area contributed by atoms with E-state index in [1.165, 1.54) is 12.1 Å². The summed E-state index contributed by atoms with van der Waals surface area (Å²) in [5, 5.41) is 0. The minimum atomic E-state index is -0.583. The third-order valence-electron chi connectivity index (χ3n) is 5.95. The fraction of sp³-hybridized carbons (Fsp3) is 0.240. The van der Waals surface area contributed by atoms with Crippen molar-refractivity contribution in [3.05, 3.63) is 83.9 Å². The number of halogens is 1. The van der Waals surface area contributed by atoms with Gasteiger partial charge in [-0.3, -0.25) is 20.1 Å². The summed E-state index contributed by atoms with van der Waals surface area (Å²) < 4.78 is 14.9. The molecule has 3 N–H and O–H groups in total. The van der Waals surface area contributed by atoms with Gasteiger partial charge in [-0.05, 0) is 54.6 Å². The Bertz CT molecular complexity index is 1170. The average molecular weight is 463 g/mol. The molecule has 0 radical (unpaired) electrons. The number of pyridine rings is 1. The van der Waals surface area contributed by atoms with Crippen LogP contribution in [0.1, 0.15) is 15.9 Å². The molecule has 3 amide bonds. The maximum Gasteiger partial charge on any atom is 0.324 e. The second-order valence-corrected chi connectivity index (χ2v) is 8.22. The monoisotopic (exact) mass is 462 g/mol. The average Bonchev–Trinajstić information content (AvgIpc) is 2.88. The predicted octanol–water partition coefficient (Wildman–Crippen LogP) is 2.87. The first-order chi connectivity index (χ1) is 16.5. The van der Waals surface area contributed by atoms with Crippen molar-refractivity contribution in [1.29, 1.82) is 0 Å². The first-order valence-electron chi connectivity index (χ1n) is 11.0. The lowest BCUT2D eigenvalue weighted by Gasteiger charge is -2.36. The normalized spacial score (nSPS) is 14.0. The summed E-state index contributed by atoms with van der Waals surface area (Å²) in [4.78, 5) is 35.0. The van der Waals surface area contributed by atoms with E-state index in [4.69, 9.17) is 5.84 Å². The summed E-state index contributed by atoms with van der Waals surface area (Å²) in [5.41, 5.74) is 4.95. The molecule has 9 heteroatoms. The maximum atomic E-state index is 14.9. The number of carbonyl (C=O) groups excluding carboxylic acids is 2. The summed E-state index contributed by atoms with van der Waals surface area (Å²) >= 11 is 0. The van der Waals surface area contributed by atoms with Crippen molar-refractivity contribution < 1.29 is 14.0 Å². The SMILES string of the molecule is CN1CCN(C(=O)N(Cc2ccc(C(=O)NN)cc2F)c2cccc(-c3ccncc3)c2)CC1. The minimum Gasteiger partial charge on any atom is -0.322 e. The van der Waals surface area contributed by atoms with Crippen LogP contribution in [0.25, 0.3) is 11.1 Å². The van der Waals surface area contributed by atoms with Gasteiger partial charge in [-0.2, -0.15) is 0 Å². The molecule has 4 rings (SSSR count). The van der Waals surface area contributed by atoms with Gasteiger partial charge in [-0.15, -0.1) is 0 Å². The van der Waals surface area contributed by atoms with Crippen LogP contribution in [-0.2, 0) is 6.54 Å². The number of amides is 3. The quantitative estimate of drug-likeness (QED) is 0.345. The zero-order valence-corrected chi connectivity index (χ0v) is 18.9. The van der Waals surface area contributed by atoms with Gasteiger partial charge < -0.3 is 9.80 Å². The standard InChI is InChI=1S/C25H27FN6O2/c1-30-11-13-31(14-12-30)25(34)32(17-21-6-5-20(16-23(21)26)24(33)29-27)22-4-2-3-19(15-22)18-7-9-28-10-8-18/h2-10,15-16H,11-14,17,27H2,1H3,(H,29,33). The van der Waals surface area contributed by atoms with E-state index in [-0.39, 0.29) is 18.1 Å². The first kappa shape index (κ1) is 23.3. The fourth-order valence-electron chi connectivity index (χ4n) is 3.91. The molecule has 0 spiro atoms. The molecular weight excluding hydrogens is 435 g/mol. The van der Waals surface area contributed by atoms with E-state index < -0.39 is 11.7 Å². The molecule has 0 aliphatic carbocycles. The number of hydrazine groups is 1. The number of rotatable bonds is 5. The lowest BCUT2D eigenvalue weighted by atomic mass is 10.1. The van der Waals surface area contributed by atoms with E-state index in [9.17, 15) is 14.0 Å². The van der Waals surface area contributed by atoms with Crippen LogP contribution in [0.2, 0.25) is 0 Å². The molecule has 2 heterocycles. The molecule has 0 unspecified atom stereocenters. The highest BCUT2D eigenvalue weighted by molar-refractivity contribution is 5.94. The predicted molar refractivity (Wildman–Crippen MR) is 128 cm³/mol. The van der Waals surface area contributed by atoms with Crippen LogP contribution in [0.4, 0.5) is 14.9 Å². The molecule has 1 aliphatic rings. The van der Waals surface area contributed by atoms with Crippen molar-refractivity contribution in [2.75, 3.05) is 38.1 Å². The molecule has 1 saturated heterocycles. The van der Waals surface area contributed by atoms with Gasteiger partial charge in [0, 0.05) is 55.4 Å². The number of nitrogen functional groups attached to an aromatic ring is 1. The lowest BCUT2D eigenvalue weighted by molar-refractivity contribution is 0.0953. The first-order valence-corrected chi connectivity index (χ1v) is 11.0. The van der Waals surface area contributed by atoms with Crippen LogP contribution in [0.5, 0.6) is 0 Å². The van der Waals surface area contributed by atoms with Gasteiger partial charge in [0.2, 0.25) is 0 Å². The number of nitrogens with one attached hydrogen (secondary N) is 1. The van der Waals surface area contributed by atoms with E-state index in [1.807, 2.05) is 48.9 Å². The number of aromatic nitrogens is 1. The Hall–Kier alpha value is -3.82. The van der Waals surface area contributed by atoms with Crippen molar-refractivity contribution in [3.8, 4) is 11.1 Å². The third-order valence-corrected chi connectivity index (χ3v) is 5.95. The van der Waals surface area contributed by atoms with Crippen molar-refractivity contribution in [2.45, 2.75) is 6.54 Å². The van der Waals surface area contributed by atoms with Gasteiger partial charge in [0.15, 0.2) is 0 Å². The molecule has 2 aromatic carbocycles. The number of piperazine rings is 1. The third kappa shape index (κ3) is 5.22. The smallest absolute Gasteiger partial charge is 0.322 e. The van der Waals surface area contributed by atoms with Gasteiger partial charge in [-0.1, -0.05) is 18.2 Å². The van der Waals surface area contributed by atoms with Gasteiger partial charge in [0.05, 0.1) is 6.54 Å². The minimum absolute atomic E-state index is 0.0152. The van der Waals surface area contributed by atoms with Crippen molar-refractivity contribution in [1.82, 2.24) is 20.2 Å². The van der Waals surface area contributed by atoms with Crippen LogP contribution in [0, 0.1) is 5.82 Å². The molecule has 0 saturated carbocycles. The summed E-state index contributed by atoms with van der Waals surface area (Å²) in [6.07, 6.45) is 3.42. The molecule has 1 aliphatic heterocycles. The molecule has 1 aromatic heterocycles. The highest BCUT2D eigenvalue weighted by Crippen LogP contribution is 2.27. The topological polar surface area (TPSA) is 94.8 Å². The fourth-order valence-corrected chi connectivity index (χ4v) is 3.91. The van der Waals surface area contributed by atoms with Crippen molar-refractivity contribution in [2.24, 2.45) is 5.84 Å². The number of hydrogen-bond acceptors (Lipinski definition) is 5. The van der Waals surface area contributed by atoms with Crippen LogP contribution < -0.4 is 16.2 Å². The Labute approximate surface area is 197 Å². The zero-order chi connectivity index (χ0) is 24.1. The van der Waals surface area contributed by atoms with Gasteiger partial charge in [-0.25, -0.2) is 15.0 Å². The number of urea groups is 1. The summed E-state index contributed by atoms with van der Waals surface area (Å²) in [7, 11) is 2.02. The van der Waals surface area contributed by atoms with E-state index in [1.54, 1.807) is 22.2 Å². The Morgan fingerprint density at radius 3 is 2.44 bits per heavy atom.